The van der Waals surface area contributed by atoms with Crippen molar-refractivity contribution in [3.05, 3.63) is 23.9 Å². The summed E-state index contributed by atoms with van der Waals surface area (Å²) in [7, 11) is 1.53. The molecule has 0 aromatic carbocycles. The third-order valence-electron chi connectivity index (χ3n) is 2.26. The Labute approximate surface area is 89.1 Å². The van der Waals surface area contributed by atoms with E-state index in [0.29, 0.717) is 11.4 Å². The first-order chi connectivity index (χ1) is 7.01. The van der Waals surface area contributed by atoms with Crippen LogP contribution in [-0.2, 0) is 0 Å². The second-order valence-corrected chi connectivity index (χ2v) is 3.87. The minimum absolute atomic E-state index is 0.487. The zero-order chi connectivity index (χ0) is 11.5. The summed E-state index contributed by atoms with van der Waals surface area (Å²) in [6.45, 7) is 3.36. The lowest BCUT2D eigenvalue weighted by Crippen LogP contribution is -2.19. The average molecular weight is 206 g/mol. The number of ether oxygens (including phenoxy) is 1. The van der Waals surface area contributed by atoms with E-state index in [4.69, 9.17) is 10.00 Å². The second-order valence-electron chi connectivity index (χ2n) is 3.87. The molecule has 0 aliphatic carbocycles. The molecule has 4 nitrogen and oxygen atoms in total. The molecule has 0 amide bonds. The van der Waals surface area contributed by atoms with Gasteiger partial charge in [0.1, 0.15) is 0 Å². The van der Waals surface area contributed by atoms with Crippen molar-refractivity contribution in [1.29, 1.82) is 5.26 Å². The average Bonchev–Trinajstić information content (AvgIpc) is 2.28. The Kier molecular flexibility index (Phi) is 3.28. The van der Waals surface area contributed by atoms with E-state index in [1.165, 1.54) is 13.3 Å². The van der Waals surface area contributed by atoms with Gasteiger partial charge in [0.25, 0.3) is 0 Å². The number of methoxy groups -OCH3 is 1. The predicted molar refractivity (Wildman–Crippen MR) is 55.1 cm³/mol. The molecule has 1 heterocycles. The summed E-state index contributed by atoms with van der Waals surface area (Å²) in [5.41, 5.74) is -0.210. The van der Waals surface area contributed by atoms with E-state index >= 15 is 0 Å². The van der Waals surface area contributed by atoms with Crippen molar-refractivity contribution in [1.82, 2.24) is 4.98 Å². The molecule has 0 bridgehead atoms. The van der Waals surface area contributed by atoms with E-state index in [2.05, 4.69) is 11.1 Å². The fraction of sp³-hybridized carbons (Fsp3) is 0.455. The third-order valence-corrected chi connectivity index (χ3v) is 2.26. The Bertz CT molecular complexity index is 365. The van der Waals surface area contributed by atoms with Crippen molar-refractivity contribution in [2.24, 2.45) is 5.41 Å². The molecule has 0 radical (unpaired) electrons. The summed E-state index contributed by atoms with van der Waals surface area (Å²) < 4.78 is 4.90. The summed E-state index contributed by atoms with van der Waals surface area (Å²) in [5, 5.41) is 18.8. The van der Waals surface area contributed by atoms with Gasteiger partial charge in [0.2, 0.25) is 5.88 Å². The normalized spacial score (nSPS) is 13.0. The number of aromatic nitrogens is 1. The van der Waals surface area contributed by atoms with Crippen LogP contribution in [0.5, 0.6) is 5.88 Å². The number of aliphatic hydroxyl groups is 1. The third kappa shape index (κ3) is 2.45. The maximum absolute atomic E-state index is 9.91. The van der Waals surface area contributed by atoms with Crippen LogP contribution in [-0.4, -0.2) is 17.2 Å². The molecular formula is C11H14N2O2. The van der Waals surface area contributed by atoms with Gasteiger partial charge >= 0.3 is 0 Å². The minimum atomic E-state index is -0.846. The number of rotatable bonds is 3. The Morgan fingerprint density at radius 1 is 1.53 bits per heavy atom. The largest absolute Gasteiger partial charge is 0.481 e. The first-order valence-electron chi connectivity index (χ1n) is 4.60. The van der Waals surface area contributed by atoms with E-state index in [0.717, 1.165) is 0 Å². The highest BCUT2D eigenvalue weighted by molar-refractivity contribution is 5.22. The fourth-order valence-corrected chi connectivity index (χ4v) is 1.15. The molecule has 1 aromatic heterocycles. The molecule has 0 spiro atoms. The van der Waals surface area contributed by atoms with E-state index in [1.54, 1.807) is 26.0 Å². The highest BCUT2D eigenvalue weighted by atomic mass is 16.5. The smallest absolute Gasteiger partial charge is 0.212 e. The van der Waals surface area contributed by atoms with Crippen LogP contribution in [0.3, 0.4) is 0 Å². The predicted octanol–water partition coefficient (Wildman–Crippen LogP) is 1.67. The van der Waals surface area contributed by atoms with Crippen molar-refractivity contribution in [2.75, 3.05) is 7.11 Å². The van der Waals surface area contributed by atoms with E-state index in [-0.39, 0.29) is 0 Å². The number of nitriles is 1. The molecular weight excluding hydrogens is 192 g/mol. The quantitative estimate of drug-likeness (QED) is 0.817. The molecule has 1 rings (SSSR count). The number of aliphatic hydroxyl groups excluding tert-OH is 1. The van der Waals surface area contributed by atoms with Crippen molar-refractivity contribution in [2.45, 2.75) is 20.0 Å². The van der Waals surface area contributed by atoms with Gasteiger partial charge in [0.15, 0.2) is 0 Å². The van der Waals surface area contributed by atoms with Crippen molar-refractivity contribution < 1.29 is 9.84 Å². The number of nitrogens with zero attached hydrogens (tertiary/aromatic N) is 2. The lowest BCUT2D eigenvalue weighted by atomic mass is 9.85. The number of pyridine rings is 1. The highest BCUT2D eigenvalue weighted by Gasteiger charge is 2.29. The SMILES string of the molecule is COc1ccc(C(O)C(C)(C)C#N)cn1. The van der Waals surface area contributed by atoms with Gasteiger partial charge in [-0.2, -0.15) is 5.26 Å². The van der Waals surface area contributed by atoms with Crippen LogP contribution >= 0.6 is 0 Å². The molecule has 80 valence electrons. The second kappa shape index (κ2) is 4.28. The Morgan fingerprint density at radius 2 is 2.20 bits per heavy atom. The van der Waals surface area contributed by atoms with Gasteiger partial charge < -0.3 is 9.84 Å². The van der Waals surface area contributed by atoms with E-state index in [1.807, 2.05) is 0 Å². The summed E-state index contributed by atoms with van der Waals surface area (Å²) in [6.07, 6.45) is 0.670. The summed E-state index contributed by atoms with van der Waals surface area (Å²) in [5.74, 6) is 0.487. The van der Waals surface area contributed by atoms with Crippen LogP contribution in [0.1, 0.15) is 25.5 Å². The van der Waals surface area contributed by atoms with Crippen LogP contribution in [0.15, 0.2) is 18.3 Å². The van der Waals surface area contributed by atoms with Crippen LogP contribution in [0.25, 0.3) is 0 Å². The van der Waals surface area contributed by atoms with E-state index < -0.39 is 11.5 Å². The van der Waals surface area contributed by atoms with Gasteiger partial charge in [-0.1, -0.05) is 0 Å². The molecule has 0 saturated carbocycles. The molecule has 1 atom stereocenters. The summed E-state index contributed by atoms with van der Waals surface area (Å²) in [6, 6.07) is 5.42. The molecule has 4 heteroatoms. The molecule has 1 aromatic rings. The summed E-state index contributed by atoms with van der Waals surface area (Å²) in [4.78, 5) is 3.97. The van der Waals surface area contributed by atoms with Gasteiger partial charge in [-0.3, -0.25) is 0 Å². The molecule has 0 saturated heterocycles. The molecule has 1 unspecified atom stereocenters. The van der Waals surface area contributed by atoms with Crippen molar-refractivity contribution in [3.63, 3.8) is 0 Å². The first kappa shape index (κ1) is 11.5. The van der Waals surface area contributed by atoms with Crippen LogP contribution in [0.4, 0.5) is 0 Å². The van der Waals surface area contributed by atoms with Crippen LogP contribution < -0.4 is 4.74 Å². The van der Waals surface area contributed by atoms with Gasteiger partial charge in [-0.05, 0) is 19.9 Å². The first-order valence-corrected chi connectivity index (χ1v) is 4.60. The standard InChI is InChI=1S/C11H14N2O2/c1-11(2,7-12)10(14)8-4-5-9(15-3)13-6-8/h4-6,10,14H,1-3H3. The van der Waals surface area contributed by atoms with Gasteiger partial charge in [-0.25, -0.2) is 4.98 Å². The molecule has 0 aliphatic heterocycles. The molecule has 1 N–H and O–H groups in total. The van der Waals surface area contributed by atoms with Crippen LogP contribution in [0, 0.1) is 16.7 Å². The Balaban J connectivity index is 2.93. The maximum Gasteiger partial charge on any atom is 0.212 e. The summed E-state index contributed by atoms with van der Waals surface area (Å²) >= 11 is 0. The highest BCUT2D eigenvalue weighted by Crippen LogP contribution is 2.32. The van der Waals surface area contributed by atoms with Gasteiger partial charge in [-0.15, -0.1) is 0 Å². The number of hydrogen-bond donors (Lipinski definition) is 1. The lowest BCUT2D eigenvalue weighted by Gasteiger charge is -2.22. The molecule has 0 fully saturated rings. The van der Waals surface area contributed by atoms with Crippen LogP contribution in [0.2, 0.25) is 0 Å². The monoisotopic (exact) mass is 206 g/mol. The Hall–Kier alpha value is -1.60. The van der Waals surface area contributed by atoms with Gasteiger partial charge in [0.05, 0.1) is 24.7 Å². The van der Waals surface area contributed by atoms with E-state index in [9.17, 15) is 5.11 Å². The van der Waals surface area contributed by atoms with Gasteiger partial charge in [0, 0.05) is 17.8 Å². The zero-order valence-electron chi connectivity index (χ0n) is 9.06. The maximum atomic E-state index is 9.91. The number of hydrogen-bond acceptors (Lipinski definition) is 4. The lowest BCUT2D eigenvalue weighted by molar-refractivity contribution is 0.0863. The fourth-order valence-electron chi connectivity index (χ4n) is 1.15. The topological polar surface area (TPSA) is 66.1 Å². The molecule has 15 heavy (non-hydrogen) atoms. The molecule has 0 aliphatic rings. The zero-order valence-corrected chi connectivity index (χ0v) is 9.06. The minimum Gasteiger partial charge on any atom is -0.481 e. The Morgan fingerprint density at radius 3 is 2.60 bits per heavy atom. The van der Waals surface area contributed by atoms with Crippen molar-refractivity contribution >= 4 is 0 Å². The van der Waals surface area contributed by atoms with Crippen molar-refractivity contribution in [3.8, 4) is 11.9 Å².